The molecule has 0 fully saturated rings. The molecule has 0 unspecified atom stereocenters. The van der Waals surface area contributed by atoms with Crippen LogP contribution in [0.25, 0.3) is 0 Å². The molecule has 2 N–H and O–H groups in total. The van der Waals surface area contributed by atoms with Crippen molar-refractivity contribution in [3.63, 3.8) is 0 Å². The largest absolute Gasteiger partial charge is 0.474 e. The van der Waals surface area contributed by atoms with Crippen molar-refractivity contribution in [2.75, 3.05) is 0 Å². The van der Waals surface area contributed by atoms with Gasteiger partial charge in [-0.2, -0.15) is 0 Å². The third-order valence-corrected chi connectivity index (χ3v) is 2.00. The van der Waals surface area contributed by atoms with Gasteiger partial charge in [0.25, 0.3) is 0 Å². The van der Waals surface area contributed by atoms with E-state index in [2.05, 4.69) is 15.5 Å². The quantitative estimate of drug-likeness (QED) is 0.632. The number of amides is 1. The highest BCUT2D eigenvalue weighted by Gasteiger charge is 2.10. The number of hydrogen-bond donors (Lipinski definition) is 2. The van der Waals surface area contributed by atoms with E-state index in [1.165, 1.54) is 11.3 Å². The number of aliphatic carboxylic acids is 1. The second kappa shape index (κ2) is 3.94. The zero-order valence-corrected chi connectivity index (χ0v) is 7.59. The molecule has 0 saturated carbocycles. The van der Waals surface area contributed by atoms with E-state index in [4.69, 9.17) is 5.11 Å². The van der Waals surface area contributed by atoms with Crippen molar-refractivity contribution in [2.45, 2.75) is 13.5 Å². The number of nitrogens with zero attached hydrogens (tertiary/aromatic N) is 2. The molecule has 0 aromatic carbocycles. The molecule has 1 rings (SSSR count). The van der Waals surface area contributed by atoms with Gasteiger partial charge in [-0.15, -0.1) is 10.2 Å². The van der Waals surface area contributed by atoms with Crippen LogP contribution >= 0.6 is 11.3 Å². The second-order valence-electron chi connectivity index (χ2n) is 2.20. The number of carbonyl (C=O) groups is 2. The molecule has 0 saturated heterocycles. The molecule has 0 aliphatic rings. The van der Waals surface area contributed by atoms with Crippen LogP contribution in [0, 0.1) is 6.92 Å². The van der Waals surface area contributed by atoms with E-state index in [1.807, 2.05) is 0 Å². The van der Waals surface area contributed by atoms with Gasteiger partial charge >= 0.3 is 11.9 Å². The first kappa shape index (κ1) is 9.59. The lowest BCUT2D eigenvalue weighted by Crippen LogP contribution is -2.29. The topological polar surface area (TPSA) is 92.2 Å². The molecular formula is C6H7N3O3S. The first-order valence-electron chi connectivity index (χ1n) is 3.39. The van der Waals surface area contributed by atoms with Crippen LogP contribution in [0.3, 0.4) is 0 Å². The van der Waals surface area contributed by atoms with E-state index in [0.717, 1.165) is 5.01 Å². The lowest BCUT2D eigenvalue weighted by Gasteiger charge is -1.95. The number of hydrogen-bond acceptors (Lipinski definition) is 5. The predicted molar refractivity (Wildman–Crippen MR) is 44.1 cm³/mol. The van der Waals surface area contributed by atoms with Crippen LogP contribution in [0.2, 0.25) is 0 Å². The summed E-state index contributed by atoms with van der Waals surface area (Å²) >= 11 is 1.31. The summed E-state index contributed by atoms with van der Waals surface area (Å²) in [7, 11) is 0. The summed E-state index contributed by atoms with van der Waals surface area (Å²) in [5, 5.41) is 19.2. The maximum absolute atomic E-state index is 10.6. The predicted octanol–water partition coefficient (Wildman–Crippen LogP) is -0.453. The van der Waals surface area contributed by atoms with E-state index < -0.39 is 11.9 Å². The summed E-state index contributed by atoms with van der Waals surface area (Å²) in [5.74, 6) is -2.53. The van der Waals surface area contributed by atoms with Crippen molar-refractivity contribution in [1.29, 1.82) is 0 Å². The number of rotatable bonds is 2. The zero-order chi connectivity index (χ0) is 9.84. The molecule has 1 aromatic rings. The molecular weight excluding hydrogens is 194 g/mol. The van der Waals surface area contributed by atoms with Crippen LogP contribution in [0.5, 0.6) is 0 Å². The molecule has 0 aliphatic heterocycles. The van der Waals surface area contributed by atoms with Gasteiger partial charge < -0.3 is 10.4 Å². The molecule has 0 atom stereocenters. The van der Waals surface area contributed by atoms with Crippen LogP contribution in [0.1, 0.15) is 10.0 Å². The van der Waals surface area contributed by atoms with Gasteiger partial charge in [0.2, 0.25) is 0 Å². The van der Waals surface area contributed by atoms with Crippen LogP contribution in [0.4, 0.5) is 0 Å². The van der Waals surface area contributed by atoms with Crippen molar-refractivity contribution in [1.82, 2.24) is 15.5 Å². The first-order chi connectivity index (χ1) is 6.09. The Bertz CT molecular complexity index is 336. The SMILES string of the molecule is Cc1nnc(CNC(=O)C(=O)O)s1. The summed E-state index contributed by atoms with van der Waals surface area (Å²) in [5.41, 5.74) is 0. The average Bonchev–Trinajstić information content (AvgIpc) is 2.47. The maximum atomic E-state index is 10.6. The van der Waals surface area contributed by atoms with Crippen molar-refractivity contribution in [3.05, 3.63) is 10.0 Å². The fourth-order valence-electron chi connectivity index (χ4n) is 0.640. The molecule has 1 amide bonds. The highest BCUT2D eigenvalue weighted by atomic mass is 32.1. The summed E-state index contributed by atoms with van der Waals surface area (Å²) < 4.78 is 0. The number of aromatic nitrogens is 2. The van der Waals surface area contributed by atoms with E-state index >= 15 is 0 Å². The standard InChI is InChI=1S/C6H7N3O3S/c1-3-8-9-4(13-3)2-7-5(10)6(11)12/h2H2,1H3,(H,7,10)(H,11,12). The van der Waals surface area contributed by atoms with Crippen LogP contribution in [0.15, 0.2) is 0 Å². The minimum absolute atomic E-state index is 0.108. The Labute approximate surface area is 77.6 Å². The highest BCUT2D eigenvalue weighted by Crippen LogP contribution is 2.06. The number of nitrogens with one attached hydrogen (secondary N) is 1. The van der Waals surface area contributed by atoms with E-state index in [1.54, 1.807) is 6.92 Å². The van der Waals surface area contributed by atoms with Crippen molar-refractivity contribution < 1.29 is 14.7 Å². The summed E-state index contributed by atoms with van der Waals surface area (Å²) in [6.07, 6.45) is 0. The fourth-order valence-corrected chi connectivity index (χ4v) is 1.29. The van der Waals surface area contributed by atoms with Gasteiger partial charge in [0.15, 0.2) is 0 Å². The molecule has 70 valence electrons. The first-order valence-corrected chi connectivity index (χ1v) is 4.21. The van der Waals surface area contributed by atoms with Gasteiger partial charge in [-0.25, -0.2) is 4.79 Å². The third-order valence-electron chi connectivity index (χ3n) is 1.16. The monoisotopic (exact) mass is 201 g/mol. The Morgan fingerprint density at radius 1 is 1.54 bits per heavy atom. The minimum Gasteiger partial charge on any atom is -0.474 e. The van der Waals surface area contributed by atoms with Gasteiger partial charge in [-0.1, -0.05) is 11.3 Å². The van der Waals surface area contributed by atoms with E-state index in [-0.39, 0.29) is 6.54 Å². The molecule has 1 heterocycles. The van der Waals surface area contributed by atoms with Gasteiger partial charge in [-0.3, -0.25) is 4.79 Å². The van der Waals surface area contributed by atoms with Gasteiger partial charge in [0.1, 0.15) is 10.0 Å². The smallest absolute Gasteiger partial charge is 0.394 e. The Balaban J connectivity index is 2.44. The third kappa shape index (κ3) is 2.79. The number of carboxylic acid groups (broad SMARTS) is 1. The normalized spacial score (nSPS) is 9.62. The van der Waals surface area contributed by atoms with E-state index in [0.29, 0.717) is 5.01 Å². The molecule has 6 nitrogen and oxygen atoms in total. The van der Waals surface area contributed by atoms with Crippen LogP contribution in [-0.2, 0) is 16.1 Å². The van der Waals surface area contributed by atoms with Gasteiger partial charge in [-0.05, 0) is 6.92 Å². The summed E-state index contributed by atoms with van der Waals surface area (Å²) in [6.45, 7) is 1.89. The Morgan fingerprint density at radius 3 is 2.69 bits per heavy atom. The Morgan fingerprint density at radius 2 is 2.23 bits per heavy atom. The zero-order valence-electron chi connectivity index (χ0n) is 6.77. The van der Waals surface area contributed by atoms with Gasteiger partial charge in [0, 0.05) is 0 Å². The molecule has 0 spiro atoms. The minimum atomic E-state index is -1.50. The van der Waals surface area contributed by atoms with Crippen LogP contribution in [-0.4, -0.2) is 27.2 Å². The number of carbonyl (C=O) groups excluding carboxylic acids is 1. The second-order valence-corrected chi connectivity index (χ2v) is 3.47. The molecule has 13 heavy (non-hydrogen) atoms. The molecule has 1 aromatic heterocycles. The molecule has 0 radical (unpaired) electrons. The van der Waals surface area contributed by atoms with Crippen LogP contribution < -0.4 is 5.32 Å². The maximum Gasteiger partial charge on any atom is 0.394 e. The molecule has 0 aliphatic carbocycles. The number of aryl methyl sites for hydroxylation is 1. The van der Waals surface area contributed by atoms with Crippen molar-refractivity contribution >= 4 is 23.2 Å². The average molecular weight is 201 g/mol. The molecule has 0 bridgehead atoms. The van der Waals surface area contributed by atoms with Crippen molar-refractivity contribution in [2.24, 2.45) is 0 Å². The Kier molecular flexibility index (Phi) is 2.91. The van der Waals surface area contributed by atoms with E-state index in [9.17, 15) is 9.59 Å². The lowest BCUT2D eigenvalue weighted by atomic mass is 10.6. The lowest BCUT2D eigenvalue weighted by molar-refractivity contribution is -0.150. The van der Waals surface area contributed by atoms with Gasteiger partial charge in [0.05, 0.1) is 6.54 Å². The highest BCUT2D eigenvalue weighted by molar-refractivity contribution is 7.11. The summed E-state index contributed by atoms with van der Waals surface area (Å²) in [4.78, 5) is 20.6. The Hall–Kier alpha value is -1.50. The molecule has 7 heteroatoms. The summed E-state index contributed by atoms with van der Waals surface area (Å²) in [6, 6.07) is 0. The fraction of sp³-hybridized carbons (Fsp3) is 0.333. The number of carboxylic acids is 1. The van der Waals surface area contributed by atoms with Crippen molar-refractivity contribution in [3.8, 4) is 0 Å².